The molecule has 0 bridgehead atoms. The van der Waals surface area contributed by atoms with Crippen molar-refractivity contribution in [3.8, 4) is 0 Å². The average Bonchev–Trinajstić information content (AvgIpc) is 2.96. The van der Waals surface area contributed by atoms with Gasteiger partial charge in [-0.15, -0.1) is 10.2 Å². The molecule has 2 N–H and O–H groups in total. The number of thioether (sulfide) groups is 1. The van der Waals surface area contributed by atoms with Gasteiger partial charge in [0, 0.05) is 6.54 Å². The molecular formula is C16H20N4O2S2. The van der Waals surface area contributed by atoms with Crippen molar-refractivity contribution < 1.29 is 9.59 Å². The smallest absolute Gasteiger partial charge is 0.253 e. The number of carbonyl (C=O) groups excluding carboxylic acids is 2. The Morgan fingerprint density at radius 3 is 2.67 bits per heavy atom. The maximum atomic E-state index is 12.2. The first-order valence-electron chi connectivity index (χ1n) is 7.55. The summed E-state index contributed by atoms with van der Waals surface area (Å²) in [6, 6.07) is 6.99. The van der Waals surface area contributed by atoms with Crippen LogP contribution in [0.2, 0.25) is 0 Å². The van der Waals surface area contributed by atoms with E-state index >= 15 is 0 Å². The van der Waals surface area contributed by atoms with E-state index in [4.69, 9.17) is 0 Å². The van der Waals surface area contributed by atoms with Gasteiger partial charge < -0.3 is 10.6 Å². The number of rotatable bonds is 7. The lowest BCUT2D eigenvalue weighted by Gasteiger charge is -2.12. The fraction of sp³-hybridized carbons (Fsp3) is 0.375. The van der Waals surface area contributed by atoms with Crippen molar-refractivity contribution in [1.29, 1.82) is 0 Å². The lowest BCUT2D eigenvalue weighted by atomic mass is 10.1. The van der Waals surface area contributed by atoms with Crippen LogP contribution in [0, 0.1) is 12.8 Å². The Morgan fingerprint density at radius 1 is 1.25 bits per heavy atom. The monoisotopic (exact) mass is 364 g/mol. The van der Waals surface area contributed by atoms with E-state index in [-0.39, 0.29) is 17.6 Å². The molecule has 2 rings (SSSR count). The summed E-state index contributed by atoms with van der Waals surface area (Å²) in [5, 5.41) is 14.4. The molecule has 0 saturated heterocycles. The van der Waals surface area contributed by atoms with Gasteiger partial charge in [-0.05, 0) is 25.0 Å². The van der Waals surface area contributed by atoms with E-state index < -0.39 is 0 Å². The molecule has 2 aromatic rings. The first-order chi connectivity index (χ1) is 11.5. The maximum absolute atomic E-state index is 12.2. The van der Waals surface area contributed by atoms with E-state index in [2.05, 4.69) is 20.8 Å². The standard InChI is InChI=1S/C16H20N4O2S2/c1-10(2)8-17-15(22)12-6-4-5-7-13(12)18-14(21)9-23-16-20-19-11(3)24-16/h4-7,10H,8-9H2,1-3H3,(H,17,22)(H,18,21). The number of aromatic nitrogens is 2. The SMILES string of the molecule is Cc1nnc(SCC(=O)Nc2ccccc2C(=O)NCC(C)C)s1. The van der Waals surface area contributed by atoms with Gasteiger partial charge in [0.1, 0.15) is 5.01 Å². The molecule has 24 heavy (non-hydrogen) atoms. The molecule has 0 atom stereocenters. The highest BCUT2D eigenvalue weighted by molar-refractivity contribution is 8.01. The molecule has 0 aliphatic rings. The van der Waals surface area contributed by atoms with Crippen LogP contribution in [0.1, 0.15) is 29.2 Å². The van der Waals surface area contributed by atoms with Gasteiger partial charge >= 0.3 is 0 Å². The molecule has 6 nitrogen and oxygen atoms in total. The second kappa shape index (κ2) is 8.79. The minimum atomic E-state index is -0.188. The van der Waals surface area contributed by atoms with Crippen molar-refractivity contribution in [2.24, 2.45) is 5.92 Å². The zero-order chi connectivity index (χ0) is 17.5. The lowest BCUT2D eigenvalue weighted by Crippen LogP contribution is -2.28. The summed E-state index contributed by atoms with van der Waals surface area (Å²) in [7, 11) is 0. The number of aryl methyl sites for hydroxylation is 1. The van der Waals surface area contributed by atoms with E-state index in [9.17, 15) is 9.59 Å². The molecule has 8 heteroatoms. The third-order valence-electron chi connectivity index (χ3n) is 2.95. The van der Waals surface area contributed by atoms with Gasteiger partial charge in [0.05, 0.1) is 17.0 Å². The molecular weight excluding hydrogens is 344 g/mol. The second-order valence-corrected chi connectivity index (χ2v) is 7.98. The zero-order valence-electron chi connectivity index (χ0n) is 13.8. The Hall–Kier alpha value is -1.93. The normalized spacial score (nSPS) is 10.7. The first-order valence-corrected chi connectivity index (χ1v) is 9.36. The Bertz CT molecular complexity index is 716. The molecule has 1 aromatic heterocycles. The second-order valence-electron chi connectivity index (χ2n) is 5.57. The van der Waals surface area contributed by atoms with Gasteiger partial charge in [0.2, 0.25) is 5.91 Å². The number of hydrogen-bond acceptors (Lipinski definition) is 6. The zero-order valence-corrected chi connectivity index (χ0v) is 15.5. The summed E-state index contributed by atoms with van der Waals surface area (Å²) < 4.78 is 0.755. The number of benzene rings is 1. The van der Waals surface area contributed by atoms with Gasteiger partial charge in [-0.2, -0.15) is 0 Å². The first kappa shape index (κ1) is 18.4. The molecule has 0 spiro atoms. The Balaban J connectivity index is 1.96. The fourth-order valence-electron chi connectivity index (χ4n) is 1.83. The van der Waals surface area contributed by atoms with E-state index in [1.165, 1.54) is 23.1 Å². The Labute approximate surface area is 149 Å². The number of carbonyl (C=O) groups is 2. The lowest BCUT2D eigenvalue weighted by molar-refractivity contribution is -0.113. The van der Waals surface area contributed by atoms with Crippen LogP contribution in [-0.4, -0.2) is 34.3 Å². The van der Waals surface area contributed by atoms with E-state index in [0.717, 1.165) is 9.35 Å². The molecule has 0 saturated carbocycles. The van der Waals surface area contributed by atoms with Crippen molar-refractivity contribution in [2.45, 2.75) is 25.1 Å². The maximum Gasteiger partial charge on any atom is 0.253 e. The summed E-state index contributed by atoms with van der Waals surface area (Å²) in [5.41, 5.74) is 0.973. The topological polar surface area (TPSA) is 84.0 Å². The molecule has 0 fully saturated rings. The van der Waals surface area contributed by atoms with Gasteiger partial charge in [-0.1, -0.05) is 49.1 Å². The van der Waals surface area contributed by atoms with Crippen molar-refractivity contribution in [3.63, 3.8) is 0 Å². The van der Waals surface area contributed by atoms with Crippen LogP contribution in [0.5, 0.6) is 0 Å². The summed E-state index contributed by atoms with van der Waals surface area (Å²) in [6.07, 6.45) is 0. The number of nitrogens with zero attached hydrogens (tertiary/aromatic N) is 2. The quantitative estimate of drug-likeness (QED) is 0.738. The van der Waals surface area contributed by atoms with Crippen LogP contribution in [0.25, 0.3) is 0 Å². The highest BCUT2D eigenvalue weighted by Crippen LogP contribution is 2.22. The fourth-order valence-corrected chi connectivity index (χ4v) is 3.45. The Morgan fingerprint density at radius 2 is 2.00 bits per heavy atom. The Kier molecular flexibility index (Phi) is 6.74. The number of nitrogens with one attached hydrogen (secondary N) is 2. The number of amides is 2. The molecule has 1 aromatic carbocycles. The molecule has 0 aliphatic heterocycles. The number of hydrogen-bond donors (Lipinski definition) is 2. The predicted octanol–water partition coefficient (Wildman–Crippen LogP) is 2.96. The van der Waals surface area contributed by atoms with Gasteiger partial charge in [-0.3, -0.25) is 9.59 Å². The molecule has 2 amide bonds. The van der Waals surface area contributed by atoms with Gasteiger partial charge in [0.25, 0.3) is 5.91 Å². The minimum Gasteiger partial charge on any atom is -0.352 e. The predicted molar refractivity (Wildman–Crippen MR) is 97.6 cm³/mol. The molecule has 1 heterocycles. The number of anilines is 1. The largest absolute Gasteiger partial charge is 0.352 e. The highest BCUT2D eigenvalue weighted by atomic mass is 32.2. The third-order valence-corrected chi connectivity index (χ3v) is 4.92. The summed E-state index contributed by atoms with van der Waals surface area (Å²) in [5.74, 6) is 0.211. The van der Waals surface area contributed by atoms with E-state index in [0.29, 0.717) is 23.7 Å². The van der Waals surface area contributed by atoms with Crippen molar-refractivity contribution >= 4 is 40.6 Å². The van der Waals surface area contributed by atoms with Crippen LogP contribution in [0.15, 0.2) is 28.6 Å². The van der Waals surface area contributed by atoms with Crippen LogP contribution >= 0.6 is 23.1 Å². The van der Waals surface area contributed by atoms with E-state index in [1.54, 1.807) is 24.3 Å². The summed E-state index contributed by atoms with van der Waals surface area (Å²) in [4.78, 5) is 24.4. The third kappa shape index (κ3) is 5.61. The van der Waals surface area contributed by atoms with Gasteiger partial charge in [-0.25, -0.2) is 0 Å². The average molecular weight is 364 g/mol. The van der Waals surface area contributed by atoms with Crippen LogP contribution in [0.4, 0.5) is 5.69 Å². The number of para-hydroxylation sites is 1. The summed E-state index contributed by atoms with van der Waals surface area (Å²) in [6.45, 7) is 6.52. The summed E-state index contributed by atoms with van der Waals surface area (Å²) >= 11 is 2.78. The molecule has 128 valence electrons. The van der Waals surface area contributed by atoms with Crippen molar-refractivity contribution in [3.05, 3.63) is 34.8 Å². The van der Waals surface area contributed by atoms with Crippen LogP contribution in [0.3, 0.4) is 0 Å². The molecule has 0 radical (unpaired) electrons. The highest BCUT2D eigenvalue weighted by Gasteiger charge is 2.14. The van der Waals surface area contributed by atoms with Crippen molar-refractivity contribution in [1.82, 2.24) is 15.5 Å². The minimum absolute atomic E-state index is 0.183. The van der Waals surface area contributed by atoms with Crippen LogP contribution < -0.4 is 10.6 Å². The van der Waals surface area contributed by atoms with Gasteiger partial charge in [0.15, 0.2) is 4.34 Å². The van der Waals surface area contributed by atoms with Crippen LogP contribution in [-0.2, 0) is 4.79 Å². The molecule has 0 unspecified atom stereocenters. The van der Waals surface area contributed by atoms with E-state index in [1.807, 2.05) is 20.8 Å². The van der Waals surface area contributed by atoms with Crippen molar-refractivity contribution in [2.75, 3.05) is 17.6 Å². The molecule has 0 aliphatic carbocycles.